The number of carbonyl (C=O) groups is 2. The molecule has 128 valence electrons. The number of aromatic nitrogens is 1. The van der Waals surface area contributed by atoms with Crippen molar-refractivity contribution < 1.29 is 14.3 Å². The molecule has 0 radical (unpaired) electrons. The summed E-state index contributed by atoms with van der Waals surface area (Å²) in [4.78, 5) is 38.5. The number of hydrogen-bond donors (Lipinski definition) is 2. The summed E-state index contributed by atoms with van der Waals surface area (Å²) in [6.45, 7) is -0.500. The van der Waals surface area contributed by atoms with E-state index in [1.54, 1.807) is 48.5 Å². The number of anilines is 1. The fourth-order valence-corrected chi connectivity index (χ4v) is 2.41. The second-order valence-electron chi connectivity index (χ2n) is 5.41. The van der Waals surface area contributed by atoms with Crippen molar-refractivity contribution >= 4 is 28.5 Å². The molecule has 0 spiro atoms. The monoisotopic (exact) mass is 347 g/mol. The number of rotatable bonds is 4. The second kappa shape index (κ2) is 7.32. The van der Waals surface area contributed by atoms with Crippen molar-refractivity contribution in [2.45, 2.75) is 0 Å². The molecule has 0 saturated carbocycles. The van der Waals surface area contributed by atoms with Gasteiger partial charge in [-0.15, -0.1) is 0 Å². The van der Waals surface area contributed by atoms with Crippen molar-refractivity contribution in [2.75, 3.05) is 11.9 Å². The average molecular weight is 347 g/mol. The number of amides is 1. The molecule has 3 aromatic rings. The number of nitrogens with one attached hydrogen (secondary N) is 2. The standard InChI is InChI=1S/C19H13N3O4/c20-10-12-5-7-13(8-6-12)21-18(24)11-26-19(25)15-9-17(23)22-16-4-2-1-3-14(15)16/h1-9H,11H2,(H,21,24)(H,22,23). The summed E-state index contributed by atoms with van der Waals surface area (Å²) >= 11 is 0. The summed E-state index contributed by atoms with van der Waals surface area (Å²) in [6, 6.07) is 16.2. The van der Waals surface area contributed by atoms with E-state index in [1.807, 2.05) is 6.07 Å². The van der Waals surface area contributed by atoms with Crippen LogP contribution in [0.25, 0.3) is 10.9 Å². The zero-order valence-corrected chi connectivity index (χ0v) is 13.5. The third-order valence-electron chi connectivity index (χ3n) is 3.60. The molecule has 2 aromatic carbocycles. The van der Waals surface area contributed by atoms with E-state index in [0.29, 0.717) is 22.2 Å². The van der Waals surface area contributed by atoms with E-state index in [4.69, 9.17) is 10.00 Å². The number of hydrogen-bond acceptors (Lipinski definition) is 5. The van der Waals surface area contributed by atoms with Gasteiger partial charge in [-0.05, 0) is 30.3 Å². The van der Waals surface area contributed by atoms with Gasteiger partial charge in [-0.3, -0.25) is 9.59 Å². The van der Waals surface area contributed by atoms with Crippen molar-refractivity contribution in [3.05, 3.63) is 76.1 Å². The Kier molecular flexibility index (Phi) is 4.76. The number of para-hydroxylation sites is 1. The lowest BCUT2D eigenvalue weighted by molar-refractivity contribution is -0.119. The zero-order chi connectivity index (χ0) is 18.5. The van der Waals surface area contributed by atoms with Crippen LogP contribution in [0.15, 0.2) is 59.4 Å². The van der Waals surface area contributed by atoms with Gasteiger partial charge in [0.05, 0.1) is 17.2 Å². The van der Waals surface area contributed by atoms with Gasteiger partial charge in [-0.2, -0.15) is 5.26 Å². The predicted molar refractivity (Wildman–Crippen MR) is 94.6 cm³/mol. The van der Waals surface area contributed by atoms with E-state index in [0.717, 1.165) is 6.07 Å². The van der Waals surface area contributed by atoms with E-state index < -0.39 is 24.0 Å². The van der Waals surface area contributed by atoms with Crippen LogP contribution in [-0.2, 0) is 9.53 Å². The largest absolute Gasteiger partial charge is 0.452 e. The van der Waals surface area contributed by atoms with Crippen LogP contribution in [0.3, 0.4) is 0 Å². The molecule has 0 bridgehead atoms. The Hall–Kier alpha value is -3.92. The van der Waals surface area contributed by atoms with Crippen LogP contribution in [-0.4, -0.2) is 23.5 Å². The Morgan fingerprint density at radius 2 is 1.85 bits per heavy atom. The van der Waals surface area contributed by atoms with Crippen molar-refractivity contribution in [3.63, 3.8) is 0 Å². The highest BCUT2D eigenvalue weighted by molar-refractivity contribution is 6.04. The molecule has 0 unspecified atom stereocenters. The van der Waals surface area contributed by atoms with Crippen molar-refractivity contribution in [2.24, 2.45) is 0 Å². The van der Waals surface area contributed by atoms with Crippen LogP contribution < -0.4 is 10.9 Å². The molecule has 1 amide bonds. The number of nitriles is 1. The molecule has 0 saturated heterocycles. The van der Waals surface area contributed by atoms with Crippen LogP contribution >= 0.6 is 0 Å². The molecule has 0 fully saturated rings. The van der Waals surface area contributed by atoms with E-state index in [-0.39, 0.29) is 5.56 Å². The highest BCUT2D eigenvalue weighted by Gasteiger charge is 2.15. The molecule has 1 aromatic heterocycles. The zero-order valence-electron chi connectivity index (χ0n) is 13.5. The van der Waals surface area contributed by atoms with Crippen LogP contribution in [0.5, 0.6) is 0 Å². The number of benzene rings is 2. The summed E-state index contributed by atoms with van der Waals surface area (Å²) < 4.78 is 5.01. The smallest absolute Gasteiger partial charge is 0.339 e. The maximum atomic E-state index is 12.3. The summed E-state index contributed by atoms with van der Waals surface area (Å²) in [6.07, 6.45) is 0. The Labute approximate surface area is 147 Å². The highest BCUT2D eigenvalue weighted by atomic mass is 16.5. The molecule has 0 aliphatic carbocycles. The van der Waals surface area contributed by atoms with E-state index in [1.165, 1.54) is 0 Å². The number of pyridine rings is 1. The number of carbonyl (C=O) groups excluding carboxylic acids is 2. The minimum Gasteiger partial charge on any atom is -0.452 e. The van der Waals surface area contributed by atoms with Gasteiger partial charge < -0.3 is 15.0 Å². The summed E-state index contributed by atoms with van der Waals surface area (Å²) in [7, 11) is 0. The van der Waals surface area contributed by atoms with Crippen LogP contribution in [0.4, 0.5) is 5.69 Å². The SMILES string of the molecule is N#Cc1ccc(NC(=O)COC(=O)c2cc(=O)[nH]c3ccccc23)cc1. The van der Waals surface area contributed by atoms with Gasteiger partial charge in [0.25, 0.3) is 5.91 Å². The fourth-order valence-electron chi connectivity index (χ4n) is 2.41. The number of nitrogens with zero attached hydrogens (tertiary/aromatic N) is 1. The van der Waals surface area contributed by atoms with Crippen LogP contribution in [0, 0.1) is 11.3 Å². The van der Waals surface area contributed by atoms with Crippen LogP contribution in [0.2, 0.25) is 0 Å². The average Bonchev–Trinajstić information content (AvgIpc) is 2.66. The molecule has 26 heavy (non-hydrogen) atoms. The van der Waals surface area contributed by atoms with Crippen LogP contribution in [0.1, 0.15) is 15.9 Å². The fraction of sp³-hybridized carbons (Fsp3) is 0.0526. The van der Waals surface area contributed by atoms with E-state index in [9.17, 15) is 14.4 Å². The molecular formula is C19H13N3O4. The summed E-state index contributed by atoms with van der Waals surface area (Å²) in [5.74, 6) is -1.29. The van der Waals surface area contributed by atoms with Gasteiger partial charge in [0, 0.05) is 22.7 Å². The number of esters is 1. The maximum absolute atomic E-state index is 12.3. The lowest BCUT2D eigenvalue weighted by Crippen LogP contribution is -2.21. The number of H-pyrrole nitrogens is 1. The van der Waals surface area contributed by atoms with Gasteiger partial charge in [-0.25, -0.2) is 4.79 Å². The third kappa shape index (κ3) is 3.76. The molecule has 0 aliphatic heterocycles. The Morgan fingerprint density at radius 1 is 1.12 bits per heavy atom. The van der Waals surface area contributed by atoms with Gasteiger partial charge >= 0.3 is 5.97 Å². The normalized spacial score (nSPS) is 10.1. The summed E-state index contributed by atoms with van der Waals surface area (Å²) in [5, 5.41) is 11.8. The number of ether oxygens (including phenoxy) is 1. The molecule has 0 aliphatic rings. The predicted octanol–water partition coefficient (Wildman–Crippen LogP) is 2.20. The van der Waals surface area contributed by atoms with E-state index in [2.05, 4.69) is 10.3 Å². The van der Waals surface area contributed by atoms with Crippen molar-refractivity contribution in [1.29, 1.82) is 5.26 Å². The molecule has 3 rings (SSSR count). The van der Waals surface area contributed by atoms with Crippen molar-refractivity contribution in [3.8, 4) is 6.07 Å². The van der Waals surface area contributed by atoms with Gasteiger partial charge in [0.1, 0.15) is 0 Å². The quantitative estimate of drug-likeness (QED) is 0.703. The second-order valence-corrected chi connectivity index (χ2v) is 5.41. The first-order valence-electron chi connectivity index (χ1n) is 7.66. The van der Waals surface area contributed by atoms with Gasteiger partial charge in [0.15, 0.2) is 6.61 Å². The highest BCUT2D eigenvalue weighted by Crippen LogP contribution is 2.15. The minimum absolute atomic E-state index is 0.0931. The van der Waals surface area contributed by atoms with Gasteiger partial charge in [0.2, 0.25) is 5.56 Å². The first-order chi connectivity index (χ1) is 12.6. The molecule has 0 atom stereocenters. The topological polar surface area (TPSA) is 112 Å². The van der Waals surface area contributed by atoms with Crippen molar-refractivity contribution in [1.82, 2.24) is 4.98 Å². The van der Waals surface area contributed by atoms with Gasteiger partial charge in [-0.1, -0.05) is 18.2 Å². The number of fused-ring (bicyclic) bond motifs is 1. The number of aromatic amines is 1. The molecular weight excluding hydrogens is 334 g/mol. The Balaban J connectivity index is 1.68. The minimum atomic E-state index is -0.762. The van der Waals surface area contributed by atoms with E-state index >= 15 is 0 Å². The molecule has 1 heterocycles. The third-order valence-corrected chi connectivity index (χ3v) is 3.60. The Bertz CT molecular complexity index is 1080. The lowest BCUT2D eigenvalue weighted by Gasteiger charge is -2.08. The maximum Gasteiger partial charge on any atom is 0.339 e. The molecule has 7 nitrogen and oxygen atoms in total. The summed E-state index contributed by atoms with van der Waals surface area (Å²) in [5.41, 5.74) is 1.12. The Morgan fingerprint density at radius 3 is 2.58 bits per heavy atom. The first-order valence-corrected chi connectivity index (χ1v) is 7.66. The molecule has 7 heteroatoms. The first kappa shape index (κ1) is 16.9. The molecule has 2 N–H and O–H groups in total. The lowest BCUT2D eigenvalue weighted by atomic mass is 10.1.